The van der Waals surface area contributed by atoms with Crippen LogP contribution in [0.25, 0.3) is 0 Å². The van der Waals surface area contributed by atoms with Crippen LogP contribution in [0.1, 0.15) is 329 Å². The van der Waals surface area contributed by atoms with E-state index in [-0.39, 0.29) is 31.1 Å². The molecular weight excluding hydrogens is 973 g/mol. The number of allylic oxidation sites excluding steroid dienone is 16. The second-order valence-electron chi connectivity index (χ2n) is 22.4. The summed E-state index contributed by atoms with van der Waals surface area (Å²) in [5, 5.41) is 0. The summed E-state index contributed by atoms with van der Waals surface area (Å²) < 4.78 is 16.9. The zero-order chi connectivity index (χ0) is 57.1. The van der Waals surface area contributed by atoms with E-state index in [0.29, 0.717) is 19.3 Å². The third-order valence-corrected chi connectivity index (χ3v) is 14.6. The Morgan fingerprint density at radius 1 is 0.266 bits per heavy atom. The molecule has 0 saturated heterocycles. The lowest BCUT2D eigenvalue weighted by Crippen LogP contribution is -2.30. The molecule has 454 valence electrons. The second kappa shape index (κ2) is 66.8. The molecule has 0 heterocycles. The summed E-state index contributed by atoms with van der Waals surface area (Å²) in [6, 6.07) is 0. The van der Waals surface area contributed by atoms with Crippen molar-refractivity contribution in [3.8, 4) is 0 Å². The first kappa shape index (κ1) is 75.3. The average Bonchev–Trinajstić information content (AvgIpc) is 3.45. The van der Waals surface area contributed by atoms with Crippen LogP contribution in [0.2, 0.25) is 0 Å². The van der Waals surface area contributed by atoms with Crippen molar-refractivity contribution in [3.05, 3.63) is 97.2 Å². The molecule has 0 aliphatic heterocycles. The maximum atomic E-state index is 12.9. The molecule has 0 N–H and O–H groups in total. The highest BCUT2D eigenvalue weighted by Gasteiger charge is 2.19. The SMILES string of the molecule is CC/C=C\C/C=C\C/C=C\C/C=C\C/C=C\C/C=C\CCCCCCC(=O)OC(COC(=O)CCCCCCCCCCCCCCC)COC(=O)CCCCCCCCCCCCCCC/C=C\C/C=C\CCCCCCC. The highest BCUT2D eigenvalue weighted by molar-refractivity contribution is 5.71. The minimum atomic E-state index is -0.792. The van der Waals surface area contributed by atoms with Gasteiger partial charge < -0.3 is 14.2 Å². The third kappa shape index (κ3) is 65.0. The van der Waals surface area contributed by atoms with Gasteiger partial charge in [-0.1, -0.05) is 304 Å². The lowest BCUT2D eigenvalue weighted by molar-refractivity contribution is -0.167. The molecule has 6 heteroatoms. The molecule has 79 heavy (non-hydrogen) atoms. The molecular formula is C73H126O6. The number of esters is 3. The number of unbranched alkanes of at least 4 members (excludes halogenated alkanes) is 34. The van der Waals surface area contributed by atoms with E-state index in [9.17, 15) is 14.4 Å². The number of hydrogen-bond donors (Lipinski definition) is 0. The number of ether oxygens (including phenoxy) is 3. The highest BCUT2D eigenvalue weighted by Crippen LogP contribution is 2.17. The standard InChI is InChI=1S/C73H126O6/c1-4-7-10-13-16-19-22-25-27-29-31-33-35-36-38-39-41-43-45-48-51-54-57-60-63-66-72(75)78-69-70(68-77-71(74)65-62-59-56-53-50-47-24-21-18-15-12-9-6-3)79-73(76)67-64-61-58-55-52-49-46-44-42-40-37-34-32-30-28-26-23-20-17-14-11-8-5-2/h8,11,17,20,22,25-26,28-29,31-32,34,40,42,46,49,70H,4-7,9-10,12-16,18-19,21,23-24,27,30,33,35-39,41,43-45,47-48,50-69H2,1-3H3/b11-8-,20-17-,25-22-,28-26-,31-29-,34-32-,42-40-,49-46-. The molecule has 0 aromatic heterocycles. The van der Waals surface area contributed by atoms with E-state index in [1.807, 2.05) is 0 Å². The molecule has 0 aromatic carbocycles. The zero-order valence-corrected chi connectivity index (χ0v) is 52.1. The number of carbonyl (C=O) groups is 3. The van der Waals surface area contributed by atoms with E-state index < -0.39 is 6.10 Å². The van der Waals surface area contributed by atoms with E-state index in [0.717, 1.165) is 116 Å². The molecule has 0 spiro atoms. The predicted octanol–water partition coefficient (Wildman–Crippen LogP) is 23.2. The van der Waals surface area contributed by atoms with Crippen LogP contribution >= 0.6 is 0 Å². The quantitative estimate of drug-likeness (QED) is 0.0261. The van der Waals surface area contributed by atoms with Crippen molar-refractivity contribution in [3.63, 3.8) is 0 Å². The monoisotopic (exact) mass is 1100 g/mol. The Labute approximate surface area is 489 Å². The van der Waals surface area contributed by atoms with Crippen LogP contribution in [0.3, 0.4) is 0 Å². The van der Waals surface area contributed by atoms with Gasteiger partial charge in [-0.3, -0.25) is 14.4 Å². The van der Waals surface area contributed by atoms with Gasteiger partial charge in [0.25, 0.3) is 0 Å². The molecule has 0 rings (SSSR count). The minimum absolute atomic E-state index is 0.0854. The largest absolute Gasteiger partial charge is 0.462 e. The van der Waals surface area contributed by atoms with Gasteiger partial charge in [0.1, 0.15) is 13.2 Å². The van der Waals surface area contributed by atoms with Crippen molar-refractivity contribution < 1.29 is 28.6 Å². The molecule has 0 aromatic rings. The second-order valence-corrected chi connectivity index (χ2v) is 22.4. The van der Waals surface area contributed by atoms with Gasteiger partial charge in [0.15, 0.2) is 6.10 Å². The van der Waals surface area contributed by atoms with Crippen LogP contribution < -0.4 is 0 Å². The molecule has 0 fully saturated rings. The smallest absolute Gasteiger partial charge is 0.306 e. The molecule has 0 aliphatic carbocycles. The van der Waals surface area contributed by atoms with Crippen LogP contribution in [0.15, 0.2) is 97.2 Å². The van der Waals surface area contributed by atoms with Crippen molar-refractivity contribution in [2.45, 2.75) is 335 Å². The van der Waals surface area contributed by atoms with Gasteiger partial charge in [0, 0.05) is 19.3 Å². The first-order valence-corrected chi connectivity index (χ1v) is 33.7. The summed E-state index contributed by atoms with van der Waals surface area (Å²) in [4.78, 5) is 38.4. The van der Waals surface area contributed by atoms with E-state index in [1.165, 1.54) is 173 Å². The normalized spacial score (nSPS) is 12.7. The van der Waals surface area contributed by atoms with Crippen LogP contribution in [-0.2, 0) is 28.6 Å². The van der Waals surface area contributed by atoms with Gasteiger partial charge in [-0.25, -0.2) is 0 Å². The molecule has 0 saturated carbocycles. The minimum Gasteiger partial charge on any atom is -0.462 e. The summed E-state index contributed by atoms with van der Waals surface area (Å²) >= 11 is 0. The van der Waals surface area contributed by atoms with Gasteiger partial charge in [-0.2, -0.15) is 0 Å². The topological polar surface area (TPSA) is 78.9 Å². The number of carbonyl (C=O) groups excluding carboxylic acids is 3. The summed E-state index contributed by atoms with van der Waals surface area (Å²) in [5.41, 5.74) is 0. The van der Waals surface area contributed by atoms with Crippen LogP contribution in [0.4, 0.5) is 0 Å². The molecule has 1 atom stereocenters. The average molecular weight is 1100 g/mol. The van der Waals surface area contributed by atoms with E-state index in [1.54, 1.807) is 0 Å². The van der Waals surface area contributed by atoms with Crippen LogP contribution in [-0.4, -0.2) is 37.2 Å². The van der Waals surface area contributed by atoms with Crippen molar-refractivity contribution in [2.75, 3.05) is 13.2 Å². The van der Waals surface area contributed by atoms with E-state index >= 15 is 0 Å². The van der Waals surface area contributed by atoms with E-state index in [4.69, 9.17) is 14.2 Å². The Balaban J connectivity index is 4.35. The van der Waals surface area contributed by atoms with Gasteiger partial charge in [-0.05, 0) is 103 Å². The maximum Gasteiger partial charge on any atom is 0.306 e. The molecule has 0 radical (unpaired) electrons. The number of rotatable bonds is 61. The summed E-state index contributed by atoms with van der Waals surface area (Å²) in [6.45, 7) is 6.53. The lowest BCUT2D eigenvalue weighted by atomic mass is 10.0. The Morgan fingerprint density at radius 3 is 0.772 bits per heavy atom. The highest BCUT2D eigenvalue weighted by atomic mass is 16.6. The Kier molecular flexibility index (Phi) is 63.7. The lowest BCUT2D eigenvalue weighted by Gasteiger charge is -2.18. The van der Waals surface area contributed by atoms with Crippen molar-refractivity contribution in [2.24, 2.45) is 0 Å². The fraction of sp³-hybridized carbons (Fsp3) is 0.740. The van der Waals surface area contributed by atoms with Crippen LogP contribution in [0.5, 0.6) is 0 Å². The van der Waals surface area contributed by atoms with E-state index in [2.05, 4.69) is 118 Å². The molecule has 0 amide bonds. The van der Waals surface area contributed by atoms with Crippen molar-refractivity contribution >= 4 is 17.9 Å². The number of hydrogen-bond acceptors (Lipinski definition) is 6. The summed E-state index contributed by atoms with van der Waals surface area (Å²) in [5.74, 6) is -0.898. The van der Waals surface area contributed by atoms with Gasteiger partial charge in [0.2, 0.25) is 0 Å². The fourth-order valence-corrected chi connectivity index (χ4v) is 9.54. The Morgan fingerprint density at radius 2 is 0.494 bits per heavy atom. The van der Waals surface area contributed by atoms with Crippen LogP contribution in [0, 0.1) is 0 Å². The van der Waals surface area contributed by atoms with Crippen molar-refractivity contribution in [1.29, 1.82) is 0 Å². The first-order valence-electron chi connectivity index (χ1n) is 33.7. The Hall–Kier alpha value is -3.67. The molecule has 0 aliphatic rings. The summed E-state index contributed by atoms with van der Waals surface area (Å²) in [7, 11) is 0. The molecule has 6 nitrogen and oxygen atoms in total. The van der Waals surface area contributed by atoms with Gasteiger partial charge in [-0.15, -0.1) is 0 Å². The summed E-state index contributed by atoms with van der Waals surface area (Å²) in [6.07, 6.45) is 89.9. The maximum absolute atomic E-state index is 12.9. The molecule has 0 bridgehead atoms. The third-order valence-electron chi connectivity index (χ3n) is 14.6. The predicted molar refractivity (Wildman–Crippen MR) is 344 cm³/mol. The zero-order valence-electron chi connectivity index (χ0n) is 52.1. The van der Waals surface area contributed by atoms with Gasteiger partial charge in [0.05, 0.1) is 0 Å². The Bertz CT molecular complexity index is 1540. The van der Waals surface area contributed by atoms with Crippen molar-refractivity contribution in [1.82, 2.24) is 0 Å². The molecule has 1 unspecified atom stereocenters. The van der Waals surface area contributed by atoms with Gasteiger partial charge >= 0.3 is 17.9 Å². The fourth-order valence-electron chi connectivity index (χ4n) is 9.54. The first-order chi connectivity index (χ1) is 39.0.